The van der Waals surface area contributed by atoms with Crippen LogP contribution in [0.3, 0.4) is 0 Å². The van der Waals surface area contributed by atoms with Crippen molar-refractivity contribution in [1.29, 1.82) is 0 Å². The van der Waals surface area contributed by atoms with Crippen molar-refractivity contribution in [2.24, 2.45) is 0 Å². The van der Waals surface area contributed by atoms with Crippen LogP contribution in [-0.2, 0) is 22.6 Å². The van der Waals surface area contributed by atoms with Gasteiger partial charge in [0, 0.05) is 12.1 Å². The van der Waals surface area contributed by atoms with Gasteiger partial charge in [-0.1, -0.05) is 12.1 Å². The zero-order valence-corrected chi connectivity index (χ0v) is 14.9. The third kappa shape index (κ3) is 3.96. The normalized spacial score (nSPS) is 13.2. The van der Waals surface area contributed by atoms with Crippen molar-refractivity contribution < 1.29 is 23.8 Å². The lowest BCUT2D eigenvalue weighted by Gasteiger charge is -2.27. The molecule has 1 amide bonds. The van der Waals surface area contributed by atoms with Gasteiger partial charge in [0.25, 0.3) is 5.91 Å². The summed E-state index contributed by atoms with van der Waals surface area (Å²) >= 11 is 0. The number of hydrogen-bond acceptors (Lipinski definition) is 5. The topological polar surface area (TPSA) is 65.1 Å². The quantitative estimate of drug-likeness (QED) is 0.745. The molecule has 0 aliphatic carbocycles. The van der Waals surface area contributed by atoms with Crippen molar-refractivity contribution in [2.45, 2.75) is 13.0 Å². The monoisotopic (exact) mass is 355 g/mol. The van der Waals surface area contributed by atoms with Crippen LogP contribution < -0.4 is 9.47 Å². The Bertz CT molecular complexity index is 800. The van der Waals surface area contributed by atoms with E-state index in [1.165, 1.54) is 12.0 Å². The molecular weight excluding hydrogens is 334 g/mol. The molecule has 0 N–H and O–H groups in total. The summed E-state index contributed by atoms with van der Waals surface area (Å²) in [7, 11) is 2.95. The molecule has 0 saturated heterocycles. The van der Waals surface area contributed by atoms with Crippen LogP contribution in [0, 0.1) is 0 Å². The van der Waals surface area contributed by atoms with E-state index >= 15 is 0 Å². The number of nitrogens with zero attached hydrogens (tertiary/aromatic N) is 1. The number of hydrogen-bond donors (Lipinski definition) is 0. The summed E-state index contributed by atoms with van der Waals surface area (Å²) in [5, 5.41) is 0. The number of carbonyl (C=O) groups excluding carboxylic acids is 2. The van der Waals surface area contributed by atoms with Crippen molar-refractivity contribution >= 4 is 11.9 Å². The van der Waals surface area contributed by atoms with E-state index in [2.05, 4.69) is 4.74 Å². The van der Waals surface area contributed by atoms with Gasteiger partial charge >= 0.3 is 5.97 Å². The second kappa shape index (κ2) is 7.91. The minimum atomic E-state index is -0.416. The van der Waals surface area contributed by atoms with Crippen LogP contribution in [0.25, 0.3) is 0 Å². The van der Waals surface area contributed by atoms with Crippen LogP contribution in [0.1, 0.15) is 21.5 Å². The van der Waals surface area contributed by atoms with Crippen molar-refractivity contribution in [1.82, 2.24) is 4.90 Å². The van der Waals surface area contributed by atoms with Crippen molar-refractivity contribution in [2.75, 3.05) is 27.3 Å². The van der Waals surface area contributed by atoms with Crippen LogP contribution in [0.5, 0.6) is 11.5 Å². The molecule has 2 aromatic rings. The van der Waals surface area contributed by atoms with E-state index in [9.17, 15) is 9.59 Å². The summed E-state index contributed by atoms with van der Waals surface area (Å²) < 4.78 is 15.6. The second-order valence-electron chi connectivity index (χ2n) is 6.01. The van der Waals surface area contributed by atoms with E-state index in [1.807, 2.05) is 30.3 Å². The summed E-state index contributed by atoms with van der Waals surface area (Å²) in [4.78, 5) is 25.4. The molecular formula is C20H21NO5. The van der Waals surface area contributed by atoms with Crippen molar-refractivity contribution in [3.63, 3.8) is 0 Å². The molecule has 0 unspecified atom stereocenters. The fourth-order valence-electron chi connectivity index (χ4n) is 2.86. The Morgan fingerprint density at radius 1 is 1.08 bits per heavy atom. The Morgan fingerprint density at radius 3 is 2.50 bits per heavy atom. The van der Waals surface area contributed by atoms with E-state index in [1.54, 1.807) is 19.2 Å². The van der Waals surface area contributed by atoms with Crippen LogP contribution in [-0.4, -0.2) is 44.1 Å². The molecule has 136 valence electrons. The number of esters is 1. The molecule has 0 radical (unpaired) electrons. The highest BCUT2D eigenvalue weighted by atomic mass is 16.5. The predicted octanol–water partition coefficient (Wildman–Crippen LogP) is 2.45. The molecule has 1 heterocycles. The molecule has 1 aliphatic heterocycles. The van der Waals surface area contributed by atoms with Gasteiger partial charge < -0.3 is 19.1 Å². The van der Waals surface area contributed by atoms with Crippen LogP contribution in [0.15, 0.2) is 42.5 Å². The highest BCUT2D eigenvalue weighted by Gasteiger charge is 2.26. The number of methoxy groups -OCH3 is 2. The van der Waals surface area contributed by atoms with Gasteiger partial charge in [-0.05, 0) is 47.9 Å². The zero-order chi connectivity index (χ0) is 18.5. The molecule has 0 atom stereocenters. The Labute approximate surface area is 152 Å². The van der Waals surface area contributed by atoms with Crippen LogP contribution in [0.4, 0.5) is 0 Å². The molecule has 26 heavy (non-hydrogen) atoms. The average Bonchev–Trinajstić information content (AvgIpc) is 2.68. The zero-order valence-electron chi connectivity index (χ0n) is 14.9. The Hall–Kier alpha value is -3.02. The molecule has 6 heteroatoms. The lowest BCUT2D eigenvalue weighted by Crippen LogP contribution is -2.41. The van der Waals surface area contributed by atoms with E-state index < -0.39 is 5.97 Å². The molecule has 0 spiro atoms. The first-order chi connectivity index (χ1) is 12.6. The summed E-state index contributed by atoms with van der Waals surface area (Å²) in [5.41, 5.74) is 2.57. The van der Waals surface area contributed by atoms with E-state index in [4.69, 9.17) is 9.47 Å². The molecule has 3 rings (SSSR count). The molecule has 1 aliphatic rings. The molecule has 0 saturated carbocycles. The van der Waals surface area contributed by atoms with Gasteiger partial charge in [-0.15, -0.1) is 0 Å². The Kier molecular flexibility index (Phi) is 5.41. The second-order valence-corrected chi connectivity index (χ2v) is 6.01. The van der Waals surface area contributed by atoms with E-state index in [0.717, 1.165) is 16.9 Å². The summed E-state index contributed by atoms with van der Waals surface area (Å²) in [6.07, 6.45) is 0.678. The van der Waals surface area contributed by atoms with Crippen molar-refractivity contribution in [3.8, 4) is 11.5 Å². The number of ether oxygens (including phenoxy) is 3. The molecule has 0 fully saturated rings. The van der Waals surface area contributed by atoms with Gasteiger partial charge in [0.2, 0.25) is 0 Å². The smallest absolute Gasteiger partial charge is 0.325 e. The molecule has 0 bridgehead atoms. The minimum absolute atomic E-state index is 0.0233. The standard InChI is InChI=1S/C20H21NO5/c1-24-16-5-3-14(4-6-16)13-26-17-7-8-18-15(11-17)9-10-21(20(18)23)12-19(22)25-2/h3-8,11H,9-10,12-13H2,1-2H3. The number of carbonyl (C=O) groups is 2. The van der Waals surface area contributed by atoms with Gasteiger partial charge in [0.05, 0.1) is 14.2 Å². The molecule has 6 nitrogen and oxygen atoms in total. The van der Waals surface area contributed by atoms with Gasteiger partial charge in [-0.2, -0.15) is 0 Å². The summed E-state index contributed by atoms with van der Waals surface area (Å²) in [6, 6.07) is 13.1. The average molecular weight is 355 g/mol. The van der Waals surface area contributed by atoms with Gasteiger partial charge in [0.15, 0.2) is 0 Å². The Morgan fingerprint density at radius 2 is 1.81 bits per heavy atom. The number of benzene rings is 2. The third-order valence-electron chi connectivity index (χ3n) is 4.36. The first-order valence-electron chi connectivity index (χ1n) is 8.35. The van der Waals surface area contributed by atoms with Crippen molar-refractivity contribution in [3.05, 3.63) is 59.2 Å². The maximum Gasteiger partial charge on any atom is 0.325 e. The lowest BCUT2D eigenvalue weighted by atomic mass is 9.98. The largest absolute Gasteiger partial charge is 0.497 e. The van der Waals surface area contributed by atoms with Crippen LogP contribution in [0.2, 0.25) is 0 Å². The lowest BCUT2D eigenvalue weighted by molar-refractivity contribution is -0.141. The number of rotatable bonds is 6. The fraction of sp³-hybridized carbons (Fsp3) is 0.300. The van der Waals surface area contributed by atoms with Crippen LogP contribution >= 0.6 is 0 Å². The predicted molar refractivity (Wildman–Crippen MR) is 95.4 cm³/mol. The molecule has 0 aromatic heterocycles. The highest BCUT2D eigenvalue weighted by Crippen LogP contribution is 2.24. The van der Waals surface area contributed by atoms with E-state index in [-0.39, 0.29) is 12.5 Å². The Balaban J connectivity index is 1.65. The van der Waals surface area contributed by atoms with E-state index in [0.29, 0.717) is 30.9 Å². The number of amides is 1. The fourth-order valence-corrected chi connectivity index (χ4v) is 2.86. The SMILES string of the molecule is COC(=O)CN1CCc2cc(OCc3ccc(OC)cc3)ccc2C1=O. The maximum absolute atomic E-state index is 12.5. The first kappa shape index (κ1) is 17.8. The number of fused-ring (bicyclic) bond motifs is 1. The summed E-state index contributed by atoms with van der Waals surface area (Å²) in [6.45, 7) is 0.901. The minimum Gasteiger partial charge on any atom is -0.497 e. The first-order valence-corrected chi connectivity index (χ1v) is 8.35. The van der Waals surface area contributed by atoms with Gasteiger partial charge in [-0.3, -0.25) is 9.59 Å². The summed E-state index contributed by atoms with van der Waals surface area (Å²) in [5.74, 6) is 0.950. The highest BCUT2D eigenvalue weighted by molar-refractivity contribution is 5.98. The molecule has 2 aromatic carbocycles. The van der Waals surface area contributed by atoms with Gasteiger partial charge in [-0.25, -0.2) is 0 Å². The van der Waals surface area contributed by atoms with Gasteiger partial charge in [0.1, 0.15) is 24.7 Å². The third-order valence-corrected chi connectivity index (χ3v) is 4.36. The maximum atomic E-state index is 12.5.